The maximum absolute atomic E-state index is 12.2. The molecule has 0 aliphatic heterocycles. The number of hydrogen-bond acceptors (Lipinski definition) is 4. The smallest absolute Gasteiger partial charge is 0.407 e. The number of hydrogen-bond donors (Lipinski definition) is 2. The van der Waals surface area contributed by atoms with E-state index >= 15 is 0 Å². The summed E-state index contributed by atoms with van der Waals surface area (Å²) in [6, 6.07) is 16.5. The lowest BCUT2D eigenvalue weighted by atomic mass is 9.98. The van der Waals surface area contributed by atoms with Crippen LogP contribution in [-0.2, 0) is 9.47 Å². The highest BCUT2D eigenvalue weighted by atomic mass is 16.6. The minimum Gasteiger partial charge on any atom is -0.449 e. The predicted octanol–water partition coefficient (Wildman–Crippen LogP) is 4.69. The summed E-state index contributed by atoms with van der Waals surface area (Å²) < 4.78 is 10.9. The molecular weight excluding hydrogens is 428 g/mol. The maximum Gasteiger partial charge on any atom is 0.407 e. The van der Waals surface area contributed by atoms with Gasteiger partial charge in [0, 0.05) is 31.8 Å². The van der Waals surface area contributed by atoms with E-state index in [2.05, 4.69) is 46.7 Å². The first-order chi connectivity index (χ1) is 16.7. The standard InChI is InChI=1S/C28H30N2O4/c31-27(33-17-25-21-13-7-5-11-19(21)20-12-6-8-14-22(20)25)29-15-16-30-28(32)34-18-26-23-9-3-1-2-4-10-24(23)26/h5-8,11-14,23-26H,3-4,9-10,15-18H2,(H,29,31)(H,30,32)/t23-,24+,26-. The van der Waals surface area contributed by atoms with E-state index < -0.39 is 12.2 Å². The number of fused-ring (bicyclic) bond motifs is 4. The van der Waals surface area contributed by atoms with E-state index in [0.29, 0.717) is 24.4 Å². The van der Waals surface area contributed by atoms with Crippen LogP contribution in [0.5, 0.6) is 0 Å². The van der Waals surface area contributed by atoms with Gasteiger partial charge in [0.2, 0.25) is 0 Å². The number of rotatable bonds is 7. The van der Waals surface area contributed by atoms with Crippen LogP contribution in [0.25, 0.3) is 11.1 Å². The van der Waals surface area contributed by atoms with Crippen molar-refractivity contribution in [1.82, 2.24) is 10.6 Å². The van der Waals surface area contributed by atoms with E-state index in [1.165, 1.54) is 22.3 Å². The third-order valence-corrected chi connectivity index (χ3v) is 7.25. The van der Waals surface area contributed by atoms with Gasteiger partial charge in [-0.05, 0) is 52.8 Å². The van der Waals surface area contributed by atoms with Gasteiger partial charge in [-0.25, -0.2) is 9.59 Å². The van der Waals surface area contributed by atoms with Gasteiger partial charge in [-0.15, -0.1) is 11.8 Å². The highest BCUT2D eigenvalue weighted by molar-refractivity contribution is 5.79. The lowest BCUT2D eigenvalue weighted by molar-refractivity contribution is 0.135. The molecule has 0 radical (unpaired) electrons. The normalized spacial score (nSPS) is 21.9. The van der Waals surface area contributed by atoms with E-state index in [9.17, 15) is 9.59 Å². The Morgan fingerprint density at radius 3 is 1.82 bits per heavy atom. The number of nitrogens with one attached hydrogen (secondary N) is 2. The minimum atomic E-state index is -0.492. The Hall–Kier alpha value is -3.46. The summed E-state index contributed by atoms with van der Waals surface area (Å²) in [5, 5.41) is 5.39. The molecule has 2 aromatic rings. The third-order valence-electron chi connectivity index (χ3n) is 7.25. The monoisotopic (exact) mass is 458 g/mol. The van der Waals surface area contributed by atoms with Crippen molar-refractivity contribution in [3.05, 3.63) is 59.7 Å². The van der Waals surface area contributed by atoms with Gasteiger partial charge in [-0.3, -0.25) is 0 Å². The molecule has 2 amide bonds. The van der Waals surface area contributed by atoms with Gasteiger partial charge in [0.1, 0.15) is 6.61 Å². The van der Waals surface area contributed by atoms with E-state index in [-0.39, 0.29) is 25.6 Å². The molecule has 6 heteroatoms. The van der Waals surface area contributed by atoms with E-state index in [1.54, 1.807) is 0 Å². The Balaban J connectivity index is 0.994. The molecule has 5 rings (SSSR count). The Labute approximate surface area is 200 Å². The van der Waals surface area contributed by atoms with Crippen molar-refractivity contribution < 1.29 is 19.1 Å². The summed E-state index contributed by atoms with van der Waals surface area (Å²) in [5.41, 5.74) is 4.74. The Kier molecular flexibility index (Phi) is 6.71. The van der Waals surface area contributed by atoms with Gasteiger partial charge in [0.05, 0.1) is 6.61 Å². The summed E-state index contributed by atoms with van der Waals surface area (Å²) in [5.74, 6) is 8.17. The molecular formula is C28H30N2O4. The van der Waals surface area contributed by atoms with Crippen LogP contribution in [0.15, 0.2) is 48.5 Å². The molecule has 3 aliphatic rings. The van der Waals surface area contributed by atoms with Crippen molar-refractivity contribution in [3.8, 4) is 23.0 Å². The zero-order valence-corrected chi connectivity index (χ0v) is 19.2. The molecule has 0 bridgehead atoms. The number of carbonyl (C=O) groups excluding carboxylic acids is 2. The fraction of sp³-hybridized carbons (Fsp3) is 0.429. The molecule has 2 N–H and O–H groups in total. The second-order valence-electron chi connectivity index (χ2n) is 9.20. The first-order valence-corrected chi connectivity index (χ1v) is 12.2. The lowest BCUT2D eigenvalue weighted by Gasteiger charge is -2.14. The van der Waals surface area contributed by atoms with Gasteiger partial charge in [0.15, 0.2) is 0 Å². The Morgan fingerprint density at radius 1 is 0.765 bits per heavy atom. The molecule has 0 saturated heterocycles. The molecule has 2 aromatic carbocycles. The van der Waals surface area contributed by atoms with Crippen LogP contribution in [0.1, 0.15) is 42.7 Å². The van der Waals surface area contributed by atoms with Crippen LogP contribution in [0.3, 0.4) is 0 Å². The molecule has 1 saturated carbocycles. The molecule has 3 aliphatic carbocycles. The van der Waals surface area contributed by atoms with Gasteiger partial charge in [-0.2, -0.15) is 0 Å². The van der Waals surface area contributed by atoms with Crippen LogP contribution >= 0.6 is 0 Å². The lowest BCUT2D eigenvalue weighted by Crippen LogP contribution is -2.35. The van der Waals surface area contributed by atoms with Crippen molar-refractivity contribution in [3.63, 3.8) is 0 Å². The number of benzene rings is 2. The zero-order valence-electron chi connectivity index (χ0n) is 19.2. The minimum absolute atomic E-state index is 0.0255. The van der Waals surface area contributed by atoms with E-state index in [1.807, 2.05) is 24.3 Å². The average molecular weight is 459 g/mol. The quantitative estimate of drug-likeness (QED) is 0.466. The van der Waals surface area contributed by atoms with Crippen molar-refractivity contribution in [2.75, 3.05) is 26.3 Å². The second-order valence-corrected chi connectivity index (χ2v) is 9.20. The number of ether oxygens (including phenoxy) is 2. The van der Waals surface area contributed by atoms with E-state index in [4.69, 9.17) is 9.47 Å². The molecule has 0 aromatic heterocycles. The number of alkyl carbamates (subject to hydrolysis) is 2. The Bertz CT molecular complexity index is 1060. The summed E-state index contributed by atoms with van der Waals surface area (Å²) in [4.78, 5) is 24.2. The van der Waals surface area contributed by atoms with Crippen LogP contribution in [-0.4, -0.2) is 38.5 Å². The first kappa shape index (κ1) is 22.3. The third kappa shape index (κ3) is 4.89. The second kappa shape index (κ2) is 10.2. The van der Waals surface area contributed by atoms with Crippen molar-refractivity contribution in [2.24, 2.45) is 17.8 Å². The summed E-state index contributed by atoms with van der Waals surface area (Å²) in [6.07, 6.45) is 3.18. The highest BCUT2D eigenvalue weighted by Crippen LogP contribution is 2.52. The van der Waals surface area contributed by atoms with Gasteiger partial charge in [-0.1, -0.05) is 48.5 Å². The summed E-state index contributed by atoms with van der Waals surface area (Å²) >= 11 is 0. The summed E-state index contributed by atoms with van der Waals surface area (Å²) in [6.45, 7) is 1.29. The topological polar surface area (TPSA) is 76.7 Å². The molecule has 3 atom stereocenters. The van der Waals surface area contributed by atoms with Crippen LogP contribution in [0, 0.1) is 29.6 Å². The first-order valence-electron chi connectivity index (χ1n) is 12.2. The molecule has 0 unspecified atom stereocenters. The molecule has 6 nitrogen and oxygen atoms in total. The zero-order chi connectivity index (χ0) is 23.3. The molecule has 0 spiro atoms. The molecule has 1 fully saturated rings. The van der Waals surface area contributed by atoms with Crippen molar-refractivity contribution in [2.45, 2.75) is 31.6 Å². The van der Waals surface area contributed by atoms with Crippen LogP contribution in [0.4, 0.5) is 9.59 Å². The summed E-state index contributed by atoms with van der Waals surface area (Å²) in [7, 11) is 0. The number of amides is 2. The van der Waals surface area contributed by atoms with Gasteiger partial charge in [0.25, 0.3) is 0 Å². The highest BCUT2D eigenvalue weighted by Gasteiger charge is 2.49. The fourth-order valence-electron chi connectivity index (χ4n) is 5.48. The van der Waals surface area contributed by atoms with Gasteiger partial charge < -0.3 is 20.1 Å². The SMILES string of the molecule is O=C(NCCNC(=O)OC[C@@H]1[C@@H]2CCC#CCC[C@@H]21)OCC1c2ccccc2-c2ccccc21. The molecule has 0 heterocycles. The average Bonchev–Trinajstić information content (AvgIpc) is 3.38. The van der Waals surface area contributed by atoms with E-state index in [0.717, 1.165) is 25.7 Å². The Morgan fingerprint density at radius 2 is 1.26 bits per heavy atom. The van der Waals surface area contributed by atoms with Gasteiger partial charge >= 0.3 is 12.2 Å². The number of carbonyl (C=O) groups is 2. The molecule has 34 heavy (non-hydrogen) atoms. The maximum atomic E-state index is 12.2. The van der Waals surface area contributed by atoms with Crippen molar-refractivity contribution >= 4 is 12.2 Å². The molecule has 176 valence electrons. The predicted molar refractivity (Wildman–Crippen MR) is 129 cm³/mol. The largest absolute Gasteiger partial charge is 0.449 e. The van der Waals surface area contributed by atoms with Crippen LogP contribution in [0.2, 0.25) is 0 Å². The van der Waals surface area contributed by atoms with Crippen LogP contribution < -0.4 is 10.6 Å². The van der Waals surface area contributed by atoms with Crippen molar-refractivity contribution in [1.29, 1.82) is 0 Å². The fourth-order valence-corrected chi connectivity index (χ4v) is 5.48.